The van der Waals surface area contributed by atoms with Gasteiger partial charge in [-0.1, -0.05) is 0 Å². The third-order valence-electron chi connectivity index (χ3n) is 2.94. The topological polar surface area (TPSA) is 83.7 Å². The molecule has 0 radical (unpaired) electrons. The second-order valence-electron chi connectivity index (χ2n) is 4.50. The third kappa shape index (κ3) is 2.81. The quantitative estimate of drug-likeness (QED) is 0.656. The van der Waals surface area contributed by atoms with E-state index in [2.05, 4.69) is 0 Å². The summed E-state index contributed by atoms with van der Waals surface area (Å²) in [5, 5.41) is 20.2. The van der Waals surface area contributed by atoms with Gasteiger partial charge in [0, 0.05) is 6.54 Å². The normalized spacial score (nSPS) is 11.2. The lowest BCUT2D eigenvalue weighted by Gasteiger charge is -2.35. The molecule has 0 saturated carbocycles. The molecule has 0 aliphatic rings. The van der Waals surface area contributed by atoms with Crippen LogP contribution < -0.4 is 4.90 Å². The highest BCUT2D eigenvalue weighted by atomic mass is 19.1. The smallest absolute Gasteiger partial charge is 0.328 e. The zero-order valence-electron chi connectivity index (χ0n) is 10.9. The molecule has 19 heavy (non-hydrogen) atoms. The van der Waals surface area contributed by atoms with Crippen molar-refractivity contribution in [3.05, 3.63) is 34.1 Å². The van der Waals surface area contributed by atoms with Gasteiger partial charge in [0.15, 0.2) is 0 Å². The summed E-state index contributed by atoms with van der Waals surface area (Å²) in [5.74, 6) is -1.85. The summed E-state index contributed by atoms with van der Waals surface area (Å²) in [6.45, 7) is 4.79. The molecule has 6 nitrogen and oxygen atoms in total. The first-order chi connectivity index (χ1) is 8.71. The molecule has 1 rings (SSSR count). The van der Waals surface area contributed by atoms with Gasteiger partial charge >= 0.3 is 5.97 Å². The fourth-order valence-corrected chi connectivity index (χ4v) is 1.85. The van der Waals surface area contributed by atoms with Crippen molar-refractivity contribution in [1.29, 1.82) is 0 Å². The van der Waals surface area contributed by atoms with E-state index in [1.54, 1.807) is 6.92 Å². The van der Waals surface area contributed by atoms with Crippen molar-refractivity contribution in [3.8, 4) is 0 Å². The summed E-state index contributed by atoms with van der Waals surface area (Å²) < 4.78 is 13.1. The average molecular weight is 270 g/mol. The van der Waals surface area contributed by atoms with Crippen LogP contribution in [0.15, 0.2) is 18.2 Å². The minimum atomic E-state index is -1.34. The van der Waals surface area contributed by atoms with Crippen molar-refractivity contribution in [1.82, 2.24) is 0 Å². The van der Waals surface area contributed by atoms with Gasteiger partial charge < -0.3 is 10.0 Å². The first-order valence-corrected chi connectivity index (χ1v) is 5.66. The Bertz CT molecular complexity index is 516. The maximum atomic E-state index is 13.1. The van der Waals surface area contributed by atoms with E-state index in [0.717, 1.165) is 12.1 Å². The maximum Gasteiger partial charge on any atom is 0.328 e. The van der Waals surface area contributed by atoms with Gasteiger partial charge in [-0.25, -0.2) is 9.18 Å². The number of likely N-dealkylation sites (N-methyl/N-ethyl adjacent to an activating group) is 1. The van der Waals surface area contributed by atoms with Crippen molar-refractivity contribution in [2.75, 3.05) is 11.4 Å². The number of nitro benzene ring substituents is 1. The Hall–Kier alpha value is -2.18. The van der Waals surface area contributed by atoms with Crippen LogP contribution in [-0.2, 0) is 4.79 Å². The Labute approximate surface area is 109 Å². The minimum absolute atomic E-state index is 0.0845. The van der Waals surface area contributed by atoms with Crippen molar-refractivity contribution >= 4 is 17.3 Å². The Morgan fingerprint density at radius 3 is 2.53 bits per heavy atom. The molecule has 0 bridgehead atoms. The van der Waals surface area contributed by atoms with Gasteiger partial charge in [-0.15, -0.1) is 0 Å². The fourth-order valence-electron chi connectivity index (χ4n) is 1.85. The molecule has 0 heterocycles. The molecule has 0 aliphatic carbocycles. The first kappa shape index (κ1) is 14.9. The number of benzene rings is 1. The van der Waals surface area contributed by atoms with E-state index in [4.69, 9.17) is 0 Å². The van der Waals surface area contributed by atoms with Gasteiger partial charge in [0.05, 0.1) is 11.0 Å². The van der Waals surface area contributed by atoms with Gasteiger partial charge in [0.2, 0.25) is 0 Å². The zero-order valence-corrected chi connectivity index (χ0v) is 10.9. The Kier molecular flexibility index (Phi) is 4.08. The highest BCUT2D eigenvalue weighted by molar-refractivity contribution is 5.84. The zero-order chi connectivity index (χ0) is 14.8. The molecule has 0 amide bonds. The number of aliphatic carboxylic acids is 1. The molecule has 0 spiro atoms. The molecule has 0 aliphatic heterocycles. The number of halogens is 1. The largest absolute Gasteiger partial charge is 0.480 e. The van der Waals surface area contributed by atoms with Gasteiger partial charge in [-0.3, -0.25) is 10.1 Å². The van der Waals surface area contributed by atoms with Crippen LogP contribution in [0.2, 0.25) is 0 Å². The van der Waals surface area contributed by atoms with Crippen LogP contribution in [0.3, 0.4) is 0 Å². The number of carbonyl (C=O) groups is 1. The number of carboxylic acid groups (broad SMARTS) is 1. The lowest BCUT2D eigenvalue weighted by Crippen LogP contribution is -2.50. The van der Waals surface area contributed by atoms with Crippen molar-refractivity contribution in [2.45, 2.75) is 26.3 Å². The molecule has 0 aromatic heterocycles. The van der Waals surface area contributed by atoms with Crippen molar-refractivity contribution in [2.24, 2.45) is 0 Å². The van der Waals surface area contributed by atoms with Crippen LogP contribution in [0.25, 0.3) is 0 Å². The lowest BCUT2D eigenvalue weighted by molar-refractivity contribution is -0.384. The molecule has 1 aromatic carbocycles. The summed E-state index contributed by atoms with van der Waals surface area (Å²) in [7, 11) is 0. The van der Waals surface area contributed by atoms with E-state index in [1.807, 2.05) is 0 Å². The summed E-state index contributed by atoms with van der Waals surface area (Å²) in [6.07, 6.45) is 0. The third-order valence-corrected chi connectivity index (χ3v) is 2.94. The number of carboxylic acids is 1. The summed E-state index contributed by atoms with van der Waals surface area (Å²) in [4.78, 5) is 22.8. The standard InChI is InChI=1S/C12H15FN2O4/c1-4-14(12(2,3)11(16)17)9-6-5-8(13)7-10(9)15(18)19/h5-7H,4H2,1-3H3,(H,16,17). The van der Waals surface area contributed by atoms with E-state index in [1.165, 1.54) is 24.8 Å². The molecule has 1 aromatic rings. The first-order valence-electron chi connectivity index (χ1n) is 5.66. The highest BCUT2D eigenvalue weighted by Gasteiger charge is 2.36. The van der Waals surface area contributed by atoms with Crippen LogP contribution in [0, 0.1) is 15.9 Å². The molecule has 0 fully saturated rings. The monoisotopic (exact) mass is 270 g/mol. The second kappa shape index (κ2) is 5.21. The number of hydrogen-bond acceptors (Lipinski definition) is 4. The minimum Gasteiger partial charge on any atom is -0.480 e. The van der Waals surface area contributed by atoms with E-state index in [9.17, 15) is 24.4 Å². The predicted octanol–water partition coefficient (Wildman–Crippen LogP) is 2.42. The van der Waals surface area contributed by atoms with E-state index in [-0.39, 0.29) is 12.2 Å². The van der Waals surface area contributed by atoms with E-state index in [0.29, 0.717) is 0 Å². The number of hydrogen-bond donors (Lipinski definition) is 1. The molecule has 1 N–H and O–H groups in total. The predicted molar refractivity (Wildman–Crippen MR) is 67.8 cm³/mol. The molecule has 0 saturated heterocycles. The van der Waals surface area contributed by atoms with Crippen LogP contribution in [0.4, 0.5) is 15.8 Å². The molecular weight excluding hydrogens is 255 g/mol. The number of nitro groups is 1. The van der Waals surface area contributed by atoms with Crippen molar-refractivity contribution in [3.63, 3.8) is 0 Å². The number of nitrogens with zero attached hydrogens (tertiary/aromatic N) is 2. The van der Waals surface area contributed by atoms with Gasteiger partial charge in [-0.2, -0.15) is 0 Å². The molecule has 104 valence electrons. The van der Waals surface area contributed by atoms with Crippen molar-refractivity contribution < 1.29 is 19.2 Å². The van der Waals surface area contributed by atoms with E-state index < -0.39 is 27.9 Å². The van der Waals surface area contributed by atoms with Gasteiger partial charge in [0.1, 0.15) is 17.0 Å². The van der Waals surface area contributed by atoms with Crippen LogP contribution in [0.1, 0.15) is 20.8 Å². The lowest BCUT2D eigenvalue weighted by atomic mass is 10.0. The van der Waals surface area contributed by atoms with Crippen LogP contribution >= 0.6 is 0 Å². The Balaban J connectivity index is 3.42. The number of rotatable bonds is 5. The second-order valence-corrected chi connectivity index (χ2v) is 4.50. The fraction of sp³-hybridized carbons (Fsp3) is 0.417. The summed E-state index contributed by atoms with van der Waals surface area (Å²) in [6, 6.07) is 3.08. The highest BCUT2D eigenvalue weighted by Crippen LogP contribution is 2.33. The molecule has 0 atom stereocenters. The Morgan fingerprint density at radius 2 is 2.11 bits per heavy atom. The number of anilines is 1. The van der Waals surface area contributed by atoms with Gasteiger partial charge in [-0.05, 0) is 32.9 Å². The average Bonchev–Trinajstić information content (AvgIpc) is 2.31. The molecular formula is C12H15FN2O4. The molecule has 7 heteroatoms. The van der Waals surface area contributed by atoms with Crippen LogP contribution in [0.5, 0.6) is 0 Å². The SMILES string of the molecule is CCN(c1ccc(F)cc1[N+](=O)[O-])C(C)(C)C(=O)O. The van der Waals surface area contributed by atoms with Gasteiger partial charge in [0.25, 0.3) is 5.69 Å². The summed E-state index contributed by atoms with van der Waals surface area (Å²) >= 11 is 0. The maximum absolute atomic E-state index is 13.1. The van der Waals surface area contributed by atoms with Crippen LogP contribution in [-0.4, -0.2) is 28.1 Å². The molecule has 0 unspecified atom stereocenters. The van der Waals surface area contributed by atoms with E-state index >= 15 is 0 Å². The Morgan fingerprint density at radius 1 is 1.53 bits per heavy atom. The summed E-state index contributed by atoms with van der Waals surface area (Å²) in [5.41, 5.74) is -1.70.